The molecule has 1 aromatic heterocycles. The summed E-state index contributed by atoms with van der Waals surface area (Å²) in [4.78, 5) is 38.9. The number of likely N-dealkylation sites (tertiary alicyclic amines) is 1. The molecule has 3 heterocycles. The van der Waals surface area contributed by atoms with Crippen molar-refractivity contribution in [2.45, 2.75) is 44.8 Å². The minimum atomic E-state index is -3.68. The van der Waals surface area contributed by atoms with Crippen molar-refractivity contribution in [2.75, 3.05) is 12.8 Å². The Labute approximate surface area is 152 Å². The molecule has 142 valence electrons. The summed E-state index contributed by atoms with van der Waals surface area (Å²) in [5.74, 6) is -1.20. The molecule has 0 unspecified atom stereocenters. The van der Waals surface area contributed by atoms with Crippen LogP contribution in [0.15, 0.2) is 29.2 Å². The van der Waals surface area contributed by atoms with Gasteiger partial charge in [-0.25, -0.2) is 12.7 Å². The number of hydrogen-bond donors (Lipinski definition) is 0. The fourth-order valence-corrected chi connectivity index (χ4v) is 5.33. The van der Waals surface area contributed by atoms with Crippen LogP contribution in [0.4, 0.5) is 0 Å². The van der Waals surface area contributed by atoms with Gasteiger partial charge in [0.05, 0.1) is 24.3 Å². The fourth-order valence-electron chi connectivity index (χ4n) is 4.15. The molecule has 2 saturated heterocycles. The number of sulfonamides is 1. The first-order chi connectivity index (χ1) is 12.3. The molecule has 0 aliphatic carbocycles. The van der Waals surface area contributed by atoms with E-state index in [1.807, 2.05) is 6.92 Å². The molecule has 2 fully saturated rings. The van der Waals surface area contributed by atoms with Crippen molar-refractivity contribution in [3.8, 4) is 0 Å². The Morgan fingerprint density at radius 2 is 2.00 bits per heavy atom. The van der Waals surface area contributed by atoms with Crippen LogP contribution in [-0.2, 0) is 26.2 Å². The number of amides is 2. The van der Waals surface area contributed by atoms with E-state index in [4.69, 9.17) is 0 Å². The van der Waals surface area contributed by atoms with Crippen LogP contribution in [0.5, 0.6) is 0 Å². The highest BCUT2D eigenvalue weighted by molar-refractivity contribution is 7.88. The zero-order chi connectivity index (χ0) is 19.1. The molecule has 0 spiro atoms. The molecule has 2 amide bonds. The topological polar surface area (TPSA) is 96.8 Å². The smallest absolute Gasteiger partial charge is 0.250 e. The molecular weight excluding hydrogens is 358 g/mol. The summed E-state index contributed by atoms with van der Waals surface area (Å²) in [5, 5.41) is 0. The predicted octanol–water partition coefficient (Wildman–Crippen LogP) is 0.0359. The second-order valence-corrected chi connectivity index (χ2v) is 8.75. The van der Waals surface area contributed by atoms with Crippen molar-refractivity contribution >= 4 is 21.8 Å². The van der Waals surface area contributed by atoms with Crippen LogP contribution in [0, 0.1) is 5.92 Å². The van der Waals surface area contributed by atoms with Gasteiger partial charge in [0.2, 0.25) is 21.8 Å². The van der Waals surface area contributed by atoms with Crippen molar-refractivity contribution in [1.82, 2.24) is 13.8 Å². The van der Waals surface area contributed by atoms with Crippen LogP contribution in [0.25, 0.3) is 0 Å². The summed E-state index contributed by atoms with van der Waals surface area (Å²) >= 11 is 0. The Hall–Kier alpha value is -2.16. The van der Waals surface area contributed by atoms with Gasteiger partial charge in [-0.15, -0.1) is 0 Å². The summed E-state index contributed by atoms with van der Waals surface area (Å²) in [6, 6.07) is 3.69. The second-order valence-electron chi connectivity index (χ2n) is 6.89. The molecule has 0 saturated carbocycles. The van der Waals surface area contributed by atoms with E-state index in [0.29, 0.717) is 19.4 Å². The van der Waals surface area contributed by atoms with Gasteiger partial charge in [0, 0.05) is 18.8 Å². The minimum absolute atomic E-state index is 0.116. The molecule has 2 aliphatic heterocycles. The summed E-state index contributed by atoms with van der Waals surface area (Å²) in [5.41, 5.74) is -0.276. The first kappa shape index (κ1) is 18.6. The first-order valence-corrected chi connectivity index (χ1v) is 10.6. The molecule has 0 radical (unpaired) electrons. The molecule has 0 aromatic carbocycles. The highest BCUT2D eigenvalue weighted by Crippen LogP contribution is 2.40. The summed E-state index contributed by atoms with van der Waals surface area (Å²) < 4.78 is 26.5. The predicted molar refractivity (Wildman–Crippen MR) is 94.7 cm³/mol. The van der Waals surface area contributed by atoms with Crippen LogP contribution in [0.2, 0.25) is 0 Å². The second kappa shape index (κ2) is 6.86. The largest absolute Gasteiger partial charge is 0.335 e. The minimum Gasteiger partial charge on any atom is -0.335 e. The normalized spacial score (nSPS) is 25.6. The summed E-state index contributed by atoms with van der Waals surface area (Å²) in [7, 11) is -3.68. The van der Waals surface area contributed by atoms with Gasteiger partial charge in [0.15, 0.2) is 0 Å². The maximum absolute atomic E-state index is 12.8. The van der Waals surface area contributed by atoms with Gasteiger partial charge in [-0.2, -0.15) is 0 Å². The number of fused-ring (bicyclic) bond motifs is 1. The van der Waals surface area contributed by atoms with Gasteiger partial charge in [0.1, 0.15) is 6.54 Å². The molecule has 3 rings (SSSR count). The number of aromatic nitrogens is 1. The zero-order valence-electron chi connectivity index (χ0n) is 14.9. The lowest BCUT2D eigenvalue weighted by Gasteiger charge is -2.27. The van der Waals surface area contributed by atoms with E-state index in [2.05, 4.69) is 0 Å². The molecular formula is C17H23N3O5S. The quantitative estimate of drug-likeness (QED) is 0.717. The number of nitrogens with zero attached hydrogens (tertiary/aromatic N) is 3. The molecule has 0 bridgehead atoms. The van der Waals surface area contributed by atoms with Crippen LogP contribution in [0.1, 0.15) is 26.2 Å². The number of hydrogen-bond acceptors (Lipinski definition) is 5. The average molecular weight is 381 g/mol. The first-order valence-electron chi connectivity index (χ1n) is 8.74. The third-order valence-corrected chi connectivity index (χ3v) is 6.32. The monoisotopic (exact) mass is 381 g/mol. The molecule has 2 aliphatic rings. The van der Waals surface area contributed by atoms with E-state index in [0.717, 1.165) is 17.0 Å². The van der Waals surface area contributed by atoms with Gasteiger partial charge in [-0.1, -0.05) is 19.4 Å². The van der Waals surface area contributed by atoms with Gasteiger partial charge in [-0.05, 0) is 18.9 Å². The summed E-state index contributed by atoms with van der Waals surface area (Å²) in [6.45, 7) is 2.19. The Morgan fingerprint density at radius 3 is 2.62 bits per heavy atom. The average Bonchev–Trinajstić information content (AvgIpc) is 3.08. The van der Waals surface area contributed by atoms with E-state index < -0.39 is 33.9 Å². The molecule has 1 aromatic rings. The molecule has 3 atom stereocenters. The van der Waals surface area contributed by atoms with E-state index in [1.165, 1.54) is 10.6 Å². The van der Waals surface area contributed by atoms with Crippen LogP contribution in [0.3, 0.4) is 0 Å². The number of carbonyl (C=O) groups is 2. The van der Waals surface area contributed by atoms with Gasteiger partial charge in [0.25, 0.3) is 5.56 Å². The van der Waals surface area contributed by atoms with Crippen molar-refractivity contribution in [1.29, 1.82) is 0 Å². The van der Waals surface area contributed by atoms with E-state index in [9.17, 15) is 22.8 Å². The fraction of sp³-hybridized carbons (Fsp3) is 0.588. The highest BCUT2D eigenvalue weighted by atomic mass is 32.2. The Bertz CT molecular complexity index is 878. The van der Waals surface area contributed by atoms with Crippen molar-refractivity contribution < 1.29 is 18.0 Å². The number of carbonyl (C=O) groups excluding carboxylic acids is 2. The third kappa shape index (κ3) is 3.15. The van der Waals surface area contributed by atoms with Gasteiger partial charge >= 0.3 is 0 Å². The van der Waals surface area contributed by atoms with Crippen LogP contribution >= 0.6 is 0 Å². The number of pyridine rings is 1. The van der Waals surface area contributed by atoms with Crippen molar-refractivity contribution in [3.05, 3.63) is 34.7 Å². The van der Waals surface area contributed by atoms with Crippen LogP contribution < -0.4 is 5.56 Å². The van der Waals surface area contributed by atoms with Crippen molar-refractivity contribution in [3.63, 3.8) is 0 Å². The molecule has 8 nitrogen and oxygen atoms in total. The maximum atomic E-state index is 12.8. The maximum Gasteiger partial charge on any atom is 0.250 e. The lowest BCUT2D eigenvalue weighted by molar-refractivity contribution is -0.134. The standard InChI is InChI=1S/C17H23N3O5S/c1-3-6-12-16-13(20(17(12)23)26(2,24)25)8-10-19(16)15(22)11-18-9-5-4-7-14(18)21/h4-5,7,9,12-13,16H,3,6,8,10-11H2,1-2H3/t12-,13+,16-/m1/s1. The van der Waals surface area contributed by atoms with Crippen molar-refractivity contribution in [2.24, 2.45) is 5.92 Å². The highest BCUT2D eigenvalue weighted by Gasteiger charge is 2.57. The van der Waals surface area contributed by atoms with Gasteiger partial charge < -0.3 is 9.47 Å². The Kier molecular flexibility index (Phi) is 4.92. The van der Waals surface area contributed by atoms with E-state index >= 15 is 0 Å². The zero-order valence-corrected chi connectivity index (χ0v) is 15.7. The third-order valence-electron chi connectivity index (χ3n) is 5.15. The SMILES string of the molecule is CCC[C@H]1C(=O)N(S(C)(=O)=O)[C@H]2CCN(C(=O)Cn3ccccc3=O)[C@H]12. The Balaban J connectivity index is 1.89. The molecule has 26 heavy (non-hydrogen) atoms. The van der Waals surface area contributed by atoms with Gasteiger partial charge in [-0.3, -0.25) is 14.4 Å². The van der Waals surface area contributed by atoms with E-state index in [-0.39, 0.29) is 18.0 Å². The van der Waals surface area contributed by atoms with E-state index in [1.54, 1.807) is 23.2 Å². The number of rotatable bonds is 5. The lowest BCUT2D eigenvalue weighted by atomic mass is 9.94. The molecule has 9 heteroatoms. The summed E-state index contributed by atoms with van der Waals surface area (Å²) in [6.07, 6.45) is 4.25. The molecule has 0 N–H and O–H groups in total. The Morgan fingerprint density at radius 1 is 1.27 bits per heavy atom. The lowest BCUT2D eigenvalue weighted by Crippen LogP contribution is -2.45. The van der Waals surface area contributed by atoms with Crippen LogP contribution in [-0.4, -0.2) is 58.9 Å².